The molecule has 0 unspecified atom stereocenters. The van der Waals surface area contributed by atoms with E-state index >= 15 is 0 Å². The van der Waals surface area contributed by atoms with Crippen molar-refractivity contribution >= 4 is 34.3 Å². The molecular formula is C25H30N2O4S. The first-order valence-corrected chi connectivity index (χ1v) is 12.0. The van der Waals surface area contributed by atoms with Gasteiger partial charge in [-0.25, -0.2) is 0 Å². The van der Waals surface area contributed by atoms with Crippen LogP contribution in [0.5, 0.6) is 11.5 Å². The Bertz CT molecular complexity index is 1160. The number of thioether (sulfide) groups is 1. The van der Waals surface area contributed by atoms with Crippen LogP contribution >= 0.6 is 11.8 Å². The van der Waals surface area contributed by atoms with Crippen LogP contribution in [0.25, 0.3) is 10.9 Å². The van der Waals surface area contributed by atoms with Gasteiger partial charge >= 0.3 is 0 Å². The fourth-order valence-electron chi connectivity index (χ4n) is 3.33. The normalized spacial score (nSPS) is 11.0. The molecule has 170 valence electrons. The van der Waals surface area contributed by atoms with E-state index in [1.54, 1.807) is 43.1 Å². The maximum Gasteiger partial charge on any atom is 0.267 e. The van der Waals surface area contributed by atoms with Gasteiger partial charge in [-0.3, -0.25) is 9.59 Å². The third-order valence-corrected chi connectivity index (χ3v) is 6.27. The van der Waals surface area contributed by atoms with Gasteiger partial charge in [-0.15, -0.1) is 11.8 Å². The van der Waals surface area contributed by atoms with Crippen LogP contribution < -0.4 is 15.6 Å². The van der Waals surface area contributed by atoms with Crippen molar-refractivity contribution in [3.05, 3.63) is 58.4 Å². The molecule has 0 saturated heterocycles. The van der Waals surface area contributed by atoms with E-state index in [1.165, 1.54) is 4.57 Å². The molecule has 0 spiro atoms. The van der Waals surface area contributed by atoms with Crippen molar-refractivity contribution in [1.82, 2.24) is 4.57 Å². The van der Waals surface area contributed by atoms with Gasteiger partial charge in [0.05, 0.1) is 12.1 Å². The Morgan fingerprint density at radius 2 is 1.91 bits per heavy atom. The predicted octanol–water partition coefficient (Wildman–Crippen LogP) is 5.57. The first kappa shape index (κ1) is 23.7. The zero-order valence-electron chi connectivity index (χ0n) is 18.8. The van der Waals surface area contributed by atoms with Crippen molar-refractivity contribution in [3.63, 3.8) is 0 Å². The van der Waals surface area contributed by atoms with Crippen LogP contribution in [0.1, 0.15) is 49.9 Å². The summed E-state index contributed by atoms with van der Waals surface area (Å²) < 4.78 is 7.10. The lowest BCUT2D eigenvalue weighted by Crippen LogP contribution is -2.28. The van der Waals surface area contributed by atoms with Crippen LogP contribution in [0.3, 0.4) is 0 Å². The molecule has 0 fully saturated rings. The van der Waals surface area contributed by atoms with E-state index in [9.17, 15) is 14.7 Å². The Morgan fingerprint density at radius 1 is 1.12 bits per heavy atom. The van der Waals surface area contributed by atoms with Crippen molar-refractivity contribution < 1.29 is 14.6 Å². The maximum absolute atomic E-state index is 13.0. The summed E-state index contributed by atoms with van der Waals surface area (Å²) in [6.07, 6.45) is 4.17. The number of carbonyl (C=O) groups is 1. The lowest BCUT2D eigenvalue weighted by atomic mass is 10.1. The molecule has 3 aromatic rings. The van der Waals surface area contributed by atoms with E-state index in [1.807, 2.05) is 18.2 Å². The highest BCUT2D eigenvalue weighted by molar-refractivity contribution is 7.99. The topological polar surface area (TPSA) is 80.6 Å². The first-order chi connectivity index (χ1) is 15.5. The number of benzene rings is 2. The summed E-state index contributed by atoms with van der Waals surface area (Å²) in [7, 11) is 1.59. The number of aromatic hydroxyl groups is 1. The zero-order valence-corrected chi connectivity index (χ0v) is 19.6. The van der Waals surface area contributed by atoms with Gasteiger partial charge in [0, 0.05) is 23.0 Å². The third-order valence-electron chi connectivity index (χ3n) is 5.19. The molecule has 0 aliphatic heterocycles. The molecule has 0 bridgehead atoms. The molecule has 0 atom stereocenters. The molecule has 7 heteroatoms. The van der Waals surface area contributed by atoms with Gasteiger partial charge in [0.1, 0.15) is 17.1 Å². The summed E-state index contributed by atoms with van der Waals surface area (Å²) in [5.74, 6) is 0.610. The third kappa shape index (κ3) is 5.46. The number of hydrogen-bond acceptors (Lipinski definition) is 5. The van der Waals surface area contributed by atoms with Crippen molar-refractivity contribution in [2.45, 2.75) is 44.4 Å². The standard InChI is InChI=1S/C25H30N2O4S/c1-4-6-13-31-18-11-12-21-20(16-18)23(28)22(25(30)27(21)3)24(29)26-17-9-8-10-19(15-17)32-14-7-5-2/h8-12,15-16,28H,4-7,13-14H2,1-3H3,(H,26,29). The summed E-state index contributed by atoms with van der Waals surface area (Å²) in [5, 5.41) is 14.0. The van der Waals surface area contributed by atoms with E-state index in [2.05, 4.69) is 19.2 Å². The molecule has 1 amide bonds. The molecule has 6 nitrogen and oxygen atoms in total. The SMILES string of the molecule is CCCCOc1ccc2c(c1)c(O)c(C(=O)Nc1cccc(SCCCC)c1)c(=O)n2C. The number of aromatic nitrogens is 1. The Hall–Kier alpha value is -2.93. The molecule has 0 saturated carbocycles. The fourth-order valence-corrected chi connectivity index (χ4v) is 4.38. The molecule has 0 aliphatic carbocycles. The summed E-state index contributed by atoms with van der Waals surface area (Å²) in [6.45, 7) is 4.79. The van der Waals surface area contributed by atoms with Crippen LogP contribution in [-0.2, 0) is 7.05 Å². The molecule has 3 rings (SSSR count). The monoisotopic (exact) mass is 454 g/mol. The number of carbonyl (C=O) groups excluding carboxylic acids is 1. The highest BCUT2D eigenvalue weighted by atomic mass is 32.2. The number of nitrogens with zero attached hydrogens (tertiary/aromatic N) is 1. The van der Waals surface area contributed by atoms with Crippen molar-refractivity contribution in [2.24, 2.45) is 7.05 Å². The van der Waals surface area contributed by atoms with Crippen molar-refractivity contribution in [3.8, 4) is 11.5 Å². The zero-order chi connectivity index (χ0) is 23.1. The molecule has 2 N–H and O–H groups in total. The van der Waals surface area contributed by atoms with E-state index in [0.717, 1.165) is 36.3 Å². The fraction of sp³-hybridized carbons (Fsp3) is 0.360. The second kappa shape index (κ2) is 11.1. The van der Waals surface area contributed by atoms with Gasteiger partial charge in [-0.05, 0) is 55.0 Å². The van der Waals surface area contributed by atoms with E-state index in [4.69, 9.17) is 4.74 Å². The summed E-state index contributed by atoms with van der Waals surface area (Å²) in [4.78, 5) is 26.9. The molecule has 0 radical (unpaired) electrons. The van der Waals surface area contributed by atoms with Gasteiger partial charge in [0.2, 0.25) is 0 Å². The molecule has 1 heterocycles. The lowest BCUT2D eigenvalue weighted by Gasteiger charge is -2.14. The van der Waals surface area contributed by atoms with E-state index in [0.29, 0.717) is 28.9 Å². The number of fused-ring (bicyclic) bond motifs is 1. The number of hydrogen-bond donors (Lipinski definition) is 2. The van der Waals surface area contributed by atoms with Gasteiger partial charge < -0.3 is 19.7 Å². The Balaban J connectivity index is 1.91. The van der Waals surface area contributed by atoms with Gasteiger partial charge in [-0.1, -0.05) is 32.8 Å². The maximum atomic E-state index is 13.0. The Kier molecular flexibility index (Phi) is 8.22. The second-order valence-electron chi connectivity index (χ2n) is 7.65. The average molecular weight is 455 g/mol. The molecule has 0 aliphatic rings. The quantitative estimate of drug-likeness (QED) is 0.309. The highest BCUT2D eigenvalue weighted by Gasteiger charge is 2.22. The van der Waals surface area contributed by atoms with Crippen molar-refractivity contribution in [1.29, 1.82) is 0 Å². The van der Waals surface area contributed by atoms with Crippen LogP contribution in [-0.4, -0.2) is 27.9 Å². The number of anilines is 1. The largest absolute Gasteiger partial charge is 0.506 e. The molecular weight excluding hydrogens is 424 g/mol. The van der Waals surface area contributed by atoms with Crippen LogP contribution in [0, 0.1) is 0 Å². The molecule has 32 heavy (non-hydrogen) atoms. The smallest absolute Gasteiger partial charge is 0.267 e. The van der Waals surface area contributed by atoms with Gasteiger partial charge in [0.25, 0.3) is 11.5 Å². The minimum atomic E-state index is -0.641. The van der Waals surface area contributed by atoms with Crippen LogP contribution in [0.2, 0.25) is 0 Å². The number of nitrogens with one attached hydrogen (secondary N) is 1. The van der Waals surface area contributed by atoms with E-state index < -0.39 is 11.5 Å². The molecule has 2 aromatic carbocycles. The number of amides is 1. The highest BCUT2D eigenvalue weighted by Crippen LogP contribution is 2.30. The van der Waals surface area contributed by atoms with Crippen molar-refractivity contribution in [2.75, 3.05) is 17.7 Å². The number of rotatable bonds is 10. The minimum Gasteiger partial charge on any atom is -0.506 e. The van der Waals surface area contributed by atoms with E-state index in [-0.39, 0.29) is 11.3 Å². The first-order valence-electron chi connectivity index (χ1n) is 11.0. The minimum absolute atomic E-state index is 0.283. The number of pyridine rings is 1. The summed E-state index contributed by atoms with van der Waals surface area (Å²) in [5.41, 5.74) is 0.270. The predicted molar refractivity (Wildman–Crippen MR) is 131 cm³/mol. The summed E-state index contributed by atoms with van der Waals surface area (Å²) >= 11 is 1.72. The number of unbranched alkanes of at least 4 members (excludes halogenated alkanes) is 2. The lowest BCUT2D eigenvalue weighted by molar-refractivity contribution is 0.102. The van der Waals surface area contributed by atoms with Gasteiger partial charge in [0.15, 0.2) is 0 Å². The second-order valence-corrected chi connectivity index (χ2v) is 8.82. The summed E-state index contributed by atoms with van der Waals surface area (Å²) in [6, 6.07) is 12.6. The Labute approximate surface area is 192 Å². The average Bonchev–Trinajstić information content (AvgIpc) is 2.78. The number of aryl methyl sites for hydroxylation is 1. The molecule has 1 aromatic heterocycles. The Morgan fingerprint density at radius 3 is 2.66 bits per heavy atom. The number of ether oxygens (including phenoxy) is 1. The van der Waals surface area contributed by atoms with Crippen LogP contribution in [0.15, 0.2) is 52.2 Å². The van der Waals surface area contributed by atoms with Crippen LogP contribution in [0.4, 0.5) is 5.69 Å². The van der Waals surface area contributed by atoms with Gasteiger partial charge in [-0.2, -0.15) is 0 Å².